The summed E-state index contributed by atoms with van der Waals surface area (Å²) in [6.45, 7) is 1.26. The van der Waals surface area contributed by atoms with E-state index in [4.69, 9.17) is 4.74 Å². The second-order valence-corrected chi connectivity index (χ2v) is 3.78. The summed E-state index contributed by atoms with van der Waals surface area (Å²) in [5, 5.41) is 14.8. The zero-order valence-electron chi connectivity index (χ0n) is 9.87. The highest BCUT2D eigenvalue weighted by Crippen LogP contribution is 2.18. The van der Waals surface area contributed by atoms with Crippen LogP contribution < -0.4 is 5.32 Å². The van der Waals surface area contributed by atoms with E-state index in [-0.39, 0.29) is 0 Å². The molecule has 0 aliphatic rings. The maximum absolute atomic E-state index is 5.00. The minimum Gasteiger partial charge on any atom is -0.383 e. The molecule has 1 N–H and O–H groups in total. The highest BCUT2D eigenvalue weighted by molar-refractivity contribution is 5.81. The summed E-state index contributed by atoms with van der Waals surface area (Å²) in [5.74, 6) is 0.663. The van der Waals surface area contributed by atoms with Gasteiger partial charge in [0.2, 0.25) is 5.65 Å². The van der Waals surface area contributed by atoms with Gasteiger partial charge >= 0.3 is 0 Å². The second-order valence-electron chi connectivity index (χ2n) is 3.78. The first kappa shape index (κ1) is 10.8. The largest absolute Gasteiger partial charge is 0.383 e. The van der Waals surface area contributed by atoms with Gasteiger partial charge in [0.05, 0.1) is 17.6 Å². The molecule has 92 valence electrons. The van der Waals surface area contributed by atoms with E-state index in [2.05, 4.69) is 25.8 Å². The standard InChI is InChI=1S/C11H12N6O/c1-18-7-6-12-10-11-14-15-16-17(11)9-5-3-2-4-8(9)13-10/h2-5H,6-7H2,1H3,(H,12,13). The number of methoxy groups -OCH3 is 1. The van der Waals surface area contributed by atoms with Crippen molar-refractivity contribution in [3.8, 4) is 0 Å². The highest BCUT2D eigenvalue weighted by Gasteiger charge is 2.10. The van der Waals surface area contributed by atoms with Crippen molar-refractivity contribution in [3.05, 3.63) is 24.3 Å². The summed E-state index contributed by atoms with van der Waals surface area (Å²) in [4.78, 5) is 4.52. The number of nitrogens with one attached hydrogen (secondary N) is 1. The van der Waals surface area contributed by atoms with Crippen LogP contribution in [-0.2, 0) is 4.74 Å². The van der Waals surface area contributed by atoms with E-state index >= 15 is 0 Å². The van der Waals surface area contributed by atoms with Crippen molar-refractivity contribution in [2.45, 2.75) is 0 Å². The Morgan fingerprint density at radius 3 is 3.11 bits per heavy atom. The van der Waals surface area contributed by atoms with Gasteiger partial charge in [-0.3, -0.25) is 0 Å². The molecule has 7 heteroatoms. The Morgan fingerprint density at radius 2 is 2.22 bits per heavy atom. The molecule has 7 nitrogen and oxygen atoms in total. The van der Waals surface area contributed by atoms with Gasteiger partial charge < -0.3 is 10.1 Å². The molecule has 0 saturated heterocycles. The van der Waals surface area contributed by atoms with E-state index in [0.29, 0.717) is 24.6 Å². The van der Waals surface area contributed by atoms with Gasteiger partial charge in [-0.1, -0.05) is 12.1 Å². The van der Waals surface area contributed by atoms with Crippen molar-refractivity contribution in [1.29, 1.82) is 0 Å². The number of aromatic nitrogens is 5. The van der Waals surface area contributed by atoms with Gasteiger partial charge in [-0.05, 0) is 22.6 Å². The van der Waals surface area contributed by atoms with Gasteiger partial charge in [-0.2, -0.15) is 4.52 Å². The number of tetrazole rings is 1. The molecule has 0 atom stereocenters. The molecule has 0 bridgehead atoms. The second kappa shape index (κ2) is 4.53. The minimum atomic E-state index is 0.599. The summed E-state index contributed by atoms with van der Waals surface area (Å²) >= 11 is 0. The SMILES string of the molecule is COCCNc1nc2ccccc2n2nnnc12. The number of rotatable bonds is 4. The summed E-state index contributed by atoms with van der Waals surface area (Å²) in [6, 6.07) is 7.73. The molecule has 2 aromatic heterocycles. The first-order valence-corrected chi connectivity index (χ1v) is 5.60. The quantitative estimate of drug-likeness (QED) is 0.682. The van der Waals surface area contributed by atoms with Crippen molar-refractivity contribution in [2.24, 2.45) is 0 Å². The monoisotopic (exact) mass is 244 g/mol. The van der Waals surface area contributed by atoms with Crippen LogP contribution in [0.2, 0.25) is 0 Å². The highest BCUT2D eigenvalue weighted by atomic mass is 16.5. The molecule has 1 aromatic carbocycles. The lowest BCUT2D eigenvalue weighted by Crippen LogP contribution is -2.10. The van der Waals surface area contributed by atoms with E-state index in [9.17, 15) is 0 Å². The fraction of sp³-hybridized carbons (Fsp3) is 0.273. The molecule has 0 aliphatic heterocycles. The third-order valence-electron chi connectivity index (χ3n) is 2.62. The van der Waals surface area contributed by atoms with Gasteiger partial charge in [0.25, 0.3) is 0 Å². The van der Waals surface area contributed by atoms with Gasteiger partial charge in [-0.15, -0.1) is 5.10 Å². The molecule has 0 amide bonds. The number of anilines is 1. The molecule has 3 aromatic rings. The number of benzene rings is 1. The Bertz CT molecular complexity index is 679. The molecule has 0 aliphatic carbocycles. The fourth-order valence-electron chi connectivity index (χ4n) is 1.80. The predicted octanol–water partition coefficient (Wildman–Crippen LogP) is 0.731. The van der Waals surface area contributed by atoms with Crippen LogP contribution in [0.25, 0.3) is 16.7 Å². The number of para-hydroxylation sites is 2. The molecule has 0 radical (unpaired) electrons. The van der Waals surface area contributed by atoms with Gasteiger partial charge in [0.1, 0.15) is 0 Å². The number of hydrogen-bond acceptors (Lipinski definition) is 6. The maximum atomic E-state index is 5.00. The minimum absolute atomic E-state index is 0.599. The molecule has 0 unspecified atom stereocenters. The van der Waals surface area contributed by atoms with Crippen molar-refractivity contribution in [2.75, 3.05) is 25.6 Å². The molecule has 2 heterocycles. The summed E-state index contributed by atoms with van der Waals surface area (Å²) in [6.07, 6.45) is 0. The normalized spacial score (nSPS) is 11.2. The summed E-state index contributed by atoms with van der Waals surface area (Å²) < 4.78 is 6.67. The number of hydrogen-bond donors (Lipinski definition) is 1. The lowest BCUT2D eigenvalue weighted by atomic mass is 10.3. The first-order valence-electron chi connectivity index (χ1n) is 5.60. The van der Waals surface area contributed by atoms with Crippen molar-refractivity contribution in [3.63, 3.8) is 0 Å². The number of fused-ring (bicyclic) bond motifs is 3. The Balaban J connectivity index is 2.13. The molecule has 18 heavy (non-hydrogen) atoms. The zero-order chi connectivity index (χ0) is 12.4. The Kier molecular flexibility index (Phi) is 2.73. The van der Waals surface area contributed by atoms with Gasteiger partial charge in [0.15, 0.2) is 5.82 Å². The topological polar surface area (TPSA) is 77.2 Å². The predicted molar refractivity (Wildman–Crippen MR) is 66.4 cm³/mol. The Morgan fingerprint density at radius 1 is 1.33 bits per heavy atom. The third kappa shape index (κ3) is 1.74. The Labute approximate surface area is 103 Å². The van der Waals surface area contributed by atoms with Crippen LogP contribution in [0.5, 0.6) is 0 Å². The fourth-order valence-corrected chi connectivity index (χ4v) is 1.80. The van der Waals surface area contributed by atoms with Crippen LogP contribution in [0.15, 0.2) is 24.3 Å². The number of ether oxygens (including phenoxy) is 1. The van der Waals surface area contributed by atoms with Crippen molar-refractivity contribution < 1.29 is 4.74 Å². The first-order chi connectivity index (χ1) is 8.90. The lowest BCUT2D eigenvalue weighted by molar-refractivity contribution is 0.210. The maximum Gasteiger partial charge on any atom is 0.222 e. The van der Waals surface area contributed by atoms with E-state index in [0.717, 1.165) is 11.0 Å². The summed E-state index contributed by atoms with van der Waals surface area (Å²) in [7, 11) is 1.66. The van der Waals surface area contributed by atoms with Crippen LogP contribution in [0.4, 0.5) is 5.82 Å². The average Bonchev–Trinajstić information content (AvgIpc) is 2.89. The average molecular weight is 244 g/mol. The molecule has 3 rings (SSSR count). The number of nitrogens with zero attached hydrogens (tertiary/aromatic N) is 5. The van der Waals surface area contributed by atoms with E-state index in [1.807, 2.05) is 24.3 Å². The molecule has 0 fully saturated rings. The van der Waals surface area contributed by atoms with Crippen LogP contribution >= 0.6 is 0 Å². The van der Waals surface area contributed by atoms with Crippen LogP contribution in [-0.4, -0.2) is 45.3 Å². The van der Waals surface area contributed by atoms with E-state index < -0.39 is 0 Å². The van der Waals surface area contributed by atoms with Crippen LogP contribution in [0.1, 0.15) is 0 Å². The third-order valence-corrected chi connectivity index (χ3v) is 2.62. The molecule has 0 spiro atoms. The smallest absolute Gasteiger partial charge is 0.222 e. The van der Waals surface area contributed by atoms with E-state index in [1.165, 1.54) is 0 Å². The van der Waals surface area contributed by atoms with Gasteiger partial charge in [0, 0.05) is 13.7 Å². The van der Waals surface area contributed by atoms with Crippen LogP contribution in [0.3, 0.4) is 0 Å². The van der Waals surface area contributed by atoms with Crippen LogP contribution in [0, 0.1) is 0 Å². The molecule has 0 saturated carbocycles. The lowest BCUT2D eigenvalue weighted by Gasteiger charge is -2.07. The van der Waals surface area contributed by atoms with E-state index in [1.54, 1.807) is 11.6 Å². The molecular weight excluding hydrogens is 232 g/mol. The molecular formula is C11H12N6O. The Hall–Kier alpha value is -2.28. The summed E-state index contributed by atoms with van der Waals surface area (Å²) in [5.41, 5.74) is 2.34. The van der Waals surface area contributed by atoms with Crippen molar-refractivity contribution >= 4 is 22.5 Å². The van der Waals surface area contributed by atoms with Gasteiger partial charge in [-0.25, -0.2) is 4.98 Å². The van der Waals surface area contributed by atoms with Crippen molar-refractivity contribution in [1.82, 2.24) is 25.0 Å². The zero-order valence-corrected chi connectivity index (χ0v) is 9.87.